The second-order valence-electron chi connectivity index (χ2n) is 7.69. The number of nitrogens with one attached hydrogen (secondary N) is 1. The van der Waals surface area contributed by atoms with Crippen molar-refractivity contribution in [2.45, 2.75) is 31.7 Å². The first kappa shape index (κ1) is 22.3. The van der Waals surface area contributed by atoms with Gasteiger partial charge in [0, 0.05) is 25.9 Å². The van der Waals surface area contributed by atoms with Crippen LogP contribution in [-0.2, 0) is 16.0 Å². The quantitative estimate of drug-likeness (QED) is 0.564. The molecule has 3 aromatic carbocycles. The summed E-state index contributed by atoms with van der Waals surface area (Å²) in [6, 6.07) is 29.7. The number of nitrogens with zero attached hydrogens (tertiary/aromatic N) is 1. The molecule has 0 bridgehead atoms. The zero-order valence-corrected chi connectivity index (χ0v) is 18.2. The summed E-state index contributed by atoms with van der Waals surface area (Å²) < 4.78 is 0. The van der Waals surface area contributed by atoms with E-state index in [1.54, 1.807) is 18.9 Å². The van der Waals surface area contributed by atoms with Crippen molar-refractivity contribution < 1.29 is 9.59 Å². The van der Waals surface area contributed by atoms with Gasteiger partial charge >= 0.3 is 0 Å². The second kappa shape index (κ2) is 11.1. The Balaban J connectivity index is 1.84. The molecule has 1 N–H and O–H groups in total. The van der Waals surface area contributed by atoms with Gasteiger partial charge in [-0.15, -0.1) is 0 Å². The lowest BCUT2D eigenvalue weighted by Crippen LogP contribution is -2.48. The molecule has 0 saturated heterocycles. The molecule has 0 unspecified atom stereocenters. The van der Waals surface area contributed by atoms with Gasteiger partial charge in [-0.25, -0.2) is 0 Å². The summed E-state index contributed by atoms with van der Waals surface area (Å²) in [6.45, 7) is 2.29. The summed E-state index contributed by atoms with van der Waals surface area (Å²) in [6.07, 6.45) is 1.01. The molecule has 0 aliphatic rings. The summed E-state index contributed by atoms with van der Waals surface area (Å²) in [5.74, 6) is -0.242. The molecule has 0 aliphatic carbocycles. The smallest absolute Gasteiger partial charge is 0.242 e. The fraction of sp³-hybridized carbons (Fsp3) is 0.259. The lowest BCUT2D eigenvalue weighted by Gasteiger charge is -2.30. The van der Waals surface area contributed by atoms with Gasteiger partial charge in [-0.1, -0.05) is 91.0 Å². The maximum atomic E-state index is 13.5. The van der Waals surface area contributed by atoms with E-state index >= 15 is 0 Å². The Morgan fingerprint density at radius 2 is 1.29 bits per heavy atom. The number of benzene rings is 3. The maximum absolute atomic E-state index is 13.5. The number of amides is 2. The van der Waals surface area contributed by atoms with Crippen LogP contribution in [0.2, 0.25) is 0 Å². The summed E-state index contributed by atoms with van der Waals surface area (Å²) in [7, 11) is 1.61. The first-order valence-electron chi connectivity index (χ1n) is 10.7. The molecule has 3 aromatic rings. The van der Waals surface area contributed by atoms with Crippen molar-refractivity contribution in [2.24, 2.45) is 0 Å². The molecule has 0 aromatic heterocycles. The number of carbonyl (C=O) groups excluding carboxylic acids is 2. The number of hydrogen-bond acceptors (Lipinski definition) is 2. The van der Waals surface area contributed by atoms with Crippen LogP contribution in [0, 0.1) is 0 Å². The van der Waals surface area contributed by atoms with Crippen molar-refractivity contribution in [3.63, 3.8) is 0 Å². The highest BCUT2D eigenvalue weighted by molar-refractivity contribution is 5.87. The Bertz CT molecular complexity index is 919. The Morgan fingerprint density at radius 3 is 1.77 bits per heavy atom. The molecule has 1 atom stereocenters. The SMILES string of the molecule is CNC(=O)[C@H](C)N(CCc1ccccc1)C(=O)CC(c1ccccc1)c1ccccc1. The minimum absolute atomic E-state index is 0.0234. The Hall–Kier alpha value is -3.40. The van der Waals surface area contributed by atoms with Crippen molar-refractivity contribution in [3.8, 4) is 0 Å². The molecular formula is C27H30N2O2. The molecule has 0 saturated carbocycles. The van der Waals surface area contributed by atoms with E-state index in [0.717, 1.165) is 16.7 Å². The first-order valence-corrected chi connectivity index (χ1v) is 10.7. The van der Waals surface area contributed by atoms with Crippen LogP contribution in [0.25, 0.3) is 0 Å². The van der Waals surface area contributed by atoms with Crippen LogP contribution in [0.5, 0.6) is 0 Å². The van der Waals surface area contributed by atoms with Gasteiger partial charge in [-0.3, -0.25) is 9.59 Å². The van der Waals surface area contributed by atoms with Crippen LogP contribution >= 0.6 is 0 Å². The third-order valence-corrected chi connectivity index (χ3v) is 5.68. The molecule has 0 heterocycles. The summed E-state index contributed by atoms with van der Waals surface area (Å²) >= 11 is 0. The van der Waals surface area contributed by atoms with E-state index in [1.807, 2.05) is 66.7 Å². The van der Waals surface area contributed by atoms with Gasteiger partial charge in [0.05, 0.1) is 0 Å². The van der Waals surface area contributed by atoms with Crippen LogP contribution in [-0.4, -0.2) is 36.3 Å². The molecule has 4 heteroatoms. The normalized spacial score (nSPS) is 11.7. The van der Waals surface area contributed by atoms with Crippen LogP contribution in [0.4, 0.5) is 0 Å². The number of hydrogen-bond donors (Lipinski definition) is 1. The number of carbonyl (C=O) groups is 2. The van der Waals surface area contributed by atoms with Gasteiger partial charge < -0.3 is 10.2 Å². The van der Waals surface area contributed by atoms with Crippen molar-refractivity contribution in [3.05, 3.63) is 108 Å². The molecule has 3 rings (SSSR count). The maximum Gasteiger partial charge on any atom is 0.242 e. The lowest BCUT2D eigenvalue weighted by molar-refractivity contribution is -0.139. The minimum Gasteiger partial charge on any atom is -0.357 e. The van der Waals surface area contributed by atoms with E-state index in [-0.39, 0.29) is 17.7 Å². The largest absolute Gasteiger partial charge is 0.357 e. The van der Waals surface area contributed by atoms with E-state index in [2.05, 4.69) is 29.6 Å². The third-order valence-electron chi connectivity index (χ3n) is 5.68. The molecule has 4 nitrogen and oxygen atoms in total. The van der Waals surface area contributed by atoms with Crippen molar-refractivity contribution >= 4 is 11.8 Å². The predicted octanol–water partition coefficient (Wildman–Crippen LogP) is 4.41. The molecule has 0 spiro atoms. The molecule has 160 valence electrons. The molecule has 0 aliphatic heterocycles. The zero-order valence-electron chi connectivity index (χ0n) is 18.2. The van der Waals surface area contributed by atoms with Gasteiger partial charge in [0.1, 0.15) is 6.04 Å². The fourth-order valence-electron chi connectivity index (χ4n) is 3.87. The minimum atomic E-state index is -0.534. The molecule has 0 fully saturated rings. The number of likely N-dealkylation sites (N-methyl/N-ethyl adjacent to an activating group) is 1. The van der Waals surface area contributed by atoms with E-state index in [4.69, 9.17) is 0 Å². The van der Waals surface area contributed by atoms with E-state index < -0.39 is 6.04 Å². The van der Waals surface area contributed by atoms with Gasteiger partial charge in [-0.2, -0.15) is 0 Å². The van der Waals surface area contributed by atoms with Crippen LogP contribution in [0.1, 0.15) is 36.0 Å². The lowest BCUT2D eigenvalue weighted by atomic mass is 9.88. The average molecular weight is 415 g/mol. The predicted molar refractivity (Wildman–Crippen MR) is 125 cm³/mol. The van der Waals surface area contributed by atoms with Crippen LogP contribution in [0.15, 0.2) is 91.0 Å². The van der Waals surface area contributed by atoms with E-state index in [1.165, 1.54) is 0 Å². The Morgan fingerprint density at radius 1 is 0.806 bits per heavy atom. The Labute approximate surface area is 184 Å². The molecule has 31 heavy (non-hydrogen) atoms. The fourth-order valence-corrected chi connectivity index (χ4v) is 3.87. The molecular weight excluding hydrogens is 384 g/mol. The topological polar surface area (TPSA) is 49.4 Å². The van der Waals surface area contributed by atoms with Gasteiger partial charge in [-0.05, 0) is 30.0 Å². The summed E-state index contributed by atoms with van der Waals surface area (Å²) in [5.41, 5.74) is 3.34. The zero-order chi connectivity index (χ0) is 22.1. The van der Waals surface area contributed by atoms with Crippen molar-refractivity contribution in [1.29, 1.82) is 0 Å². The highest BCUT2D eigenvalue weighted by atomic mass is 16.2. The van der Waals surface area contributed by atoms with Gasteiger partial charge in [0.2, 0.25) is 11.8 Å². The standard InChI is InChI=1S/C27H30N2O2/c1-21(27(31)28-2)29(19-18-22-12-6-3-7-13-22)26(30)20-25(23-14-8-4-9-15-23)24-16-10-5-11-17-24/h3-17,21,25H,18-20H2,1-2H3,(H,28,31)/t21-/m0/s1. The van der Waals surface area contributed by atoms with E-state index in [9.17, 15) is 9.59 Å². The second-order valence-corrected chi connectivity index (χ2v) is 7.69. The molecule has 2 amide bonds. The first-order chi connectivity index (χ1) is 15.1. The number of rotatable bonds is 9. The molecule has 0 radical (unpaired) electrons. The van der Waals surface area contributed by atoms with Gasteiger partial charge in [0.25, 0.3) is 0 Å². The highest BCUT2D eigenvalue weighted by Crippen LogP contribution is 2.29. The highest BCUT2D eigenvalue weighted by Gasteiger charge is 2.28. The third kappa shape index (κ3) is 6.05. The van der Waals surface area contributed by atoms with Crippen molar-refractivity contribution in [2.75, 3.05) is 13.6 Å². The summed E-state index contributed by atoms with van der Waals surface area (Å²) in [5, 5.41) is 2.68. The van der Waals surface area contributed by atoms with Crippen LogP contribution in [0.3, 0.4) is 0 Å². The Kier molecular flexibility index (Phi) is 7.99. The average Bonchev–Trinajstić information content (AvgIpc) is 2.83. The van der Waals surface area contributed by atoms with Gasteiger partial charge in [0.15, 0.2) is 0 Å². The van der Waals surface area contributed by atoms with Crippen molar-refractivity contribution in [1.82, 2.24) is 10.2 Å². The van der Waals surface area contributed by atoms with E-state index in [0.29, 0.717) is 19.4 Å². The monoisotopic (exact) mass is 414 g/mol. The summed E-state index contributed by atoms with van der Waals surface area (Å²) in [4.78, 5) is 27.6. The van der Waals surface area contributed by atoms with Crippen LogP contribution < -0.4 is 5.32 Å².